The molecule has 14 heteroatoms. The van der Waals surface area contributed by atoms with E-state index in [1.807, 2.05) is 0 Å². The van der Waals surface area contributed by atoms with Gasteiger partial charge in [-0.05, 0) is 43.4 Å². The predicted molar refractivity (Wildman–Crippen MR) is 141 cm³/mol. The number of hydrogen-bond acceptors (Lipinski definition) is 7. The van der Waals surface area contributed by atoms with E-state index in [0.29, 0.717) is 47.3 Å². The van der Waals surface area contributed by atoms with Gasteiger partial charge in [0.1, 0.15) is 18.5 Å². The summed E-state index contributed by atoms with van der Waals surface area (Å²) in [5, 5.41) is 10.2. The second-order valence-electron chi connectivity index (χ2n) is 10.4. The number of nitrogens with zero attached hydrogens (tertiary/aromatic N) is 3. The molecule has 2 unspecified atom stereocenters. The van der Waals surface area contributed by atoms with Crippen LogP contribution in [0.2, 0.25) is 0 Å². The highest BCUT2D eigenvalue weighted by Crippen LogP contribution is 2.45. The predicted octanol–water partition coefficient (Wildman–Crippen LogP) is 3.26. The Morgan fingerprint density at radius 2 is 1.82 bits per heavy atom. The summed E-state index contributed by atoms with van der Waals surface area (Å²) in [4.78, 5) is 42.1. The summed E-state index contributed by atoms with van der Waals surface area (Å²) in [6, 6.07) is 3.24. The summed E-state index contributed by atoms with van der Waals surface area (Å²) in [7, 11) is 1.02. The number of benzene rings is 1. The van der Waals surface area contributed by atoms with Crippen LogP contribution in [0.5, 0.6) is 5.75 Å². The molecule has 2 amide bonds. The van der Waals surface area contributed by atoms with Crippen LogP contribution >= 0.6 is 15.9 Å². The maximum atomic E-state index is 14.0. The van der Waals surface area contributed by atoms with Crippen molar-refractivity contribution in [1.82, 2.24) is 14.8 Å². The molecule has 3 atom stereocenters. The maximum absolute atomic E-state index is 14.0. The SMILES string of the molecule is CN(N)/C(=C(\N)COc1ccc(Br)c2c1C(N1CCCC1=O)N(C(=O)C1CCCC[C@@H]1C(=O)O)CC2)C(F)(F)F. The van der Waals surface area contributed by atoms with Crippen molar-refractivity contribution in [3.8, 4) is 5.75 Å². The molecule has 3 aliphatic rings. The van der Waals surface area contributed by atoms with Crippen LogP contribution in [0.15, 0.2) is 28.0 Å². The summed E-state index contributed by atoms with van der Waals surface area (Å²) in [6.45, 7) is -0.0455. The fourth-order valence-corrected chi connectivity index (χ4v) is 6.58. The van der Waals surface area contributed by atoms with Gasteiger partial charge in [-0.2, -0.15) is 13.2 Å². The lowest BCUT2D eigenvalue weighted by Crippen LogP contribution is -2.52. The van der Waals surface area contributed by atoms with Crippen LogP contribution in [0, 0.1) is 11.8 Å². The molecule has 0 bridgehead atoms. The van der Waals surface area contributed by atoms with E-state index < -0.39 is 48.1 Å². The zero-order valence-corrected chi connectivity index (χ0v) is 23.6. The second kappa shape index (κ2) is 11.9. The number of alkyl halides is 3. The van der Waals surface area contributed by atoms with Gasteiger partial charge in [0.25, 0.3) is 0 Å². The number of hydrogen-bond donors (Lipinski definition) is 3. The lowest BCUT2D eigenvalue weighted by Gasteiger charge is -2.45. The molecule has 2 fully saturated rings. The molecule has 4 rings (SSSR count). The summed E-state index contributed by atoms with van der Waals surface area (Å²) in [5.41, 5.74) is 5.10. The van der Waals surface area contributed by atoms with Gasteiger partial charge in [-0.3, -0.25) is 14.4 Å². The number of halogens is 4. The molecule has 1 saturated carbocycles. The third-order valence-electron chi connectivity index (χ3n) is 7.81. The van der Waals surface area contributed by atoms with Gasteiger partial charge in [0.15, 0.2) is 5.70 Å². The van der Waals surface area contributed by atoms with Crippen LogP contribution in [0.3, 0.4) is 0 Å². The van der Waals surface area contributed by atoms with Gasteiger partial charge in [0, 0.05) is 36.6 Å². The van der Waals surface area contributed by atoms with Crippen LogP contribution in [-0.2, 0) is 20.8 Å². The monoisotopic (exact) mass is 631 g/mol. The minimum Gasteiger partial charge on any atom is -0.487 e. The van der Waals surface area contributed by atoms with Gasteiger partial charge in [0.05, 0.1) is 17.5 Å². The lowest BCUT2D eigenvalue weighted by atomic mass is 9.78. The molecule has 1 saturated heterocycles. The number of rotatable bonds is 7. The molecule has 0 radical (unpaired) electrons. The number of hydrazine groups is 1. The Morgan fingerprint density at radius 1 is 1.15 bits per heavy atom. The molecule has 1 aliphatic carbocycles. The van der Waals surface area contributed by atoms with Crippen LogP contribution in [-0.4, -0.2) is 70.6 Å². The van der Waals surface area contributed by atoms with Gasteiger partial charge >= 0.3 is 12.1 Å². The highest BCUT2D eigenvalue weighted by Gasteiger charge is 2.46. The summed E-state index contributed by atoms with van der Waals surface area (Å²) in [6.07, 6.45) is -2.23. The Labute approximate surface area is 238 Å². The fraction of sp³-hybridized carbons (Fsp3) is 0.577. The molecule has 1 aromatic carbocycles. The third-order valence-corrected chi connectivity index (χ3v) is 8.56. The van der Waals surface area contributed by atoms with Crippen molar-refractivity contribution in [1.29, 1.82) is 0 Å². The number of carbonyl (C=O) groups is 3. The normalized spacial score (nSPS) is 23.9. The molecule has 0 spiro atoms. The average molecular weight is 632 g/mol. The second-order valence-corrected chi connectivity index (χ2v) is 11.2. The first-order valence-corrected chi connectivity index (χ1v) is 13.9. The smallest absolute Gasteiger partial charge is 0.434 e. The van der Waals surface area contributed by atoms with E-state index >= 15 is 0 Å². The van der Waals surface area contributed by atoms with Crippen molar-refractivity contribution in [3.05, 3.63) is 39.1 Å². The summed E-state index contributed by atoms with van der Waals surface area (Å²) < 4.78 is 47.2. The van der Waals surface area contributed by atoms with Crippen molar-refractivity contribution < 1.29 is 37.4 Å². The lowest BCUT2D eigenvalue weighted by molar-refractivity contribution is -0.157. The Bertz CT molecular complexity index is 1210. The number of fused-ring (bicyclic) bond motifs is 1. The van der Waals surface area contributed by atoms with Gasteiger partial charge < -0.3 is 30.4 Å². The minimum atomic E-state index is -4.81. The van der Waals surface area contributed by atoms with Crippen LogP contribution in [0.25, 0.3) is 0 Å². The first kappa shape index (κ1) is 30.0. The Balaban J connectivity index is 1.76. The van der Waals surface area contributed by atoms with Crippen LogP contribution in [0.4, 0.5) is 13.2 Å². The van der Waals surface area contributed by atoms with Crippen molar-refractivity contribution in [3.63, 3.8) is 0 Å². The van der Waals surface area contributed by atoms with Gasteiger partial charge in [-0.1, -0.05) is 28.8 Å². The number of ether oxygens (including phenoxy) is 1. The van der Waals surface area contributed by atoms with E-state index in [2.05, 4.69) is 15.9 Å². The molecule has 2 heterocycles. The molecule has 2 aliphatic heterocycles. The molecule has 1 aromatic rings. The molecular formula is C26H33BrF3N5O5. The van der Waals surface area contributed by atoms with E-state index in [1.54, 1.807) is 21.9 Å². The van der Waals surface area contributed by atoms with E-state index in [9.17, 15) is 32.7 Å². The summed E-state index contributed by atoms with van der Waals surface area (Å²) >= 11 is 3.53. The zero-order chi connectivity index (χ0) is 29.4. The minimum absolute atomic E-state index is 0.169. The Kier molecular flexibility index (Phi) is 8.88. The highest BCUT2D eigenvalue weighted by molar-refractivity contribution is 9.10. The van der Waals surface area contributed by atoms with Crippen molar-refractivity contribution >= 4 is 33.7 Å². The number of carbonyl (C=O) groups excluding carboxylic acids is 2. The standard InChI is InChI=1S/C26H33BrF3N5O5/c1-33(32)22(26(28,29)30)18(31)13-40-19-9-8-17(27)16-10-12-35(23(21(16)19)34-11-4-7-20(34)36)24(37)14-5-2-3-6-15(14)25(38)39/h8-9,14-15,23H,2-7,10-13,31-32H2,1H3,(H,38,39)/b22-18-/t14?,15-,23?/m0/s1. The average Bonchev–Trinajstić information content (AvgIpc) is 3.31. The van der Waals surface area contributed by atoms with Gasteiger partial charge in [-0.25, -0.2) is 5.84 Å². The van der Waals surface area contributed by atoms with E-state index in [4.69, 9.17) is 16.3 Å². The molecule has 10 nitrogen and oxygen atoms in total. The topological polar surface area (TPSA) is 142 Å². The van der Waals surface area contributed by atoms with Crippen molar-refractivity contribution in [2.45, 2.75) is 57.3 Å². The first-order valence-electron chi connectivity index (χ1n) is 13.1. The number of likely N-dealkylation sites (tertiary alicyclic amines) is 1. The zero-order valence-electron chi connectivity index (χ0n) is 22.0. The highest BCUT2D eigenvalue weighted by atomic mass is 79.9. The number of carboxylic acids is 1. The number of allylic oxidation sites excluding steroid dienone is 1. The largest absolute Gasteiger partial charge is 0.487 e. The number of amides is 2. The number of nitrogens with two attached hydrogens (primary N) is 2. The maximum Gasteiger partial charge on any atom is 0.434 e. The third kappa shape index (κ3) is 5.87. The Hall–Kier alpha value is -3.00. The molecule has 5 N–H and O–H groups in total. The molecular weight excluding hydrogens is 599 g/mol. The van der Waals surface area contributed by atoms with E-state index in [0.717, 1.165) is 25.5 Å². The number of aliphatic carboxylic acids is 1. The van der Waals surface area contributed by atoms with Crippen LogP contribution < -0.4 is 16.3 Å². The summed E-state index contributed by atoms with van der Waals surface area (Å²) in [5.74, 6) is 2.44. The van der Waals surface area contributed by atoms with Gasteiger partial charge in [0.2, 0.25) is 11.8 Å². The number of carboxylic acid groups (broad SMARTS) is 1. The Morgan fingerprint density at radius 3 is 2.40 bits per heavy atom. The van der Waals surface area contributed by atoms with Crippen molar-refractivity contribution in [2.75, 3.05) is 26.7 Å². The first-order chi connectivity index (χ1) is 18.8. The quantitative estimate of drug-likeness (QED) is 0.307. The molecule has 0 aromatic heterocycles. The molecule has 40 heavy (non-hydrogen) atoms. The van der Waals surface area contributed by atoms with Crippen molar-refractivity contribution in [2.24, 2.45) is 23.4 Å². The van der Waals surface area contributed by atoms with Crippen LogP contribution in [0.1, 0.15) is 55.8 Å². The van der Waals surface area contributed by atoms with E-state index in [1.165, 1.54) is 0 Å². The molecule has 220 valence electrons. The van der Waals surface area contributed by atoms with E-state index in [-0.39, 0.29) is 30.5 Å². The fourth-order valence-electron chi connectivity index (χ4n) is 6.04. The van der Waals surface area contributed by atoms with Gasteiger partial charge in [-0.15, -0.1) is 0 Å².